The second-order valence-corrected chi connectivity index (χ2v) is 3.29. The van der Waals surface area contributed by atoms with Crippen molar-refractivity contribution in [2.75, 3.05) is 0 Å². The van der Waals surface area contributed by atoms with Crippen LogP contribution in [0.5, 0.6) is 0 Å². The van der Waals surface area contributed by atoms with Gasteiger partial charge in [-0.05, 0) is 19.1 Å². The number of aliphatic hydroxyl groups excluding tert-OH is 1. The minimum absolute atomic E-state index is 0.404. The molecule has 0 atom stereocenters. The molecule has 0 spiro atoms. The van der Waals surface area contributed by atoms with Crippen LogP contribution in [0, 0.1) is 6.92 Å². The Morgan fingerprint density at radius 1 is 1.20 bits per heavy atom. The highest BCUT2D eigenvalue weighted by Gasteiger charge is 2.14. The minimum atomic E-state index is -1.51. The summed E-state index contributed by atoms with van der Waals surface area (Å²) in [4.78, 5) is 4.06. The number of para-hydroxylation sites is 1. The van der Waals surface area contributed by atoms with E-state index in [9.17, 15) is 10.2 Å². The molecule has 4 heteroatoms. The first-order chi connectivity index (χ1) is 7.20. The summed E-state index contributed by atoms with van der Waals surface area (Å²) in [5.41, 5.74) is 1.89. The van der Waals surface area contributed by atoms with Crippen molar-refractivity contribution in [3.63, 3.8) is 0 Å². The van der Waals surface area contributed by atoms with E-state index in [0.717, 1.165) is 5.69 Å². The van der Waals surface area contributed by atoms with E-state index in [4.69, 9.17) is 0 Å². The summed E-state index contributed by atoms with van der Waals surface area (Å²) in [6.45, 7) is 1.74. The fraction of sp³-hybridized carbons (Fsp3) is 0.182. The molecule has 1 aromatic carbocycles. The molecule has 2 N–H and O–H groups in total. The molecule has 0 unspecified atom stereocenters. The van der Waals surface area contributed by atoms with Crippen molar-refractivity contribution in [2.24, 2.45) is 0 Å². The van der Waals surface area contributed by atoms with E-state index in [-0.39, 0.29) is 0 Å². The number of nitrogens with zero attached hydrogens (tertiary/aromatic N) is 2. The number of imidazole rings is 1. The summed E-state index contributed by atoms with van der Waals surface area (Å²) in [6, 6.07) is 9.44. The van der Waals surface area contributed by atoms with Crippen molar-refractivity contribution < 1.29 is 10.2 Å². The molecule has 4 nitrogen and oxygen atoms in total. The van der Waals surface area contributed by atoms with E-state index in [0.29, 0.717) is 11.4 Å². The zero-order chi connectivity index (χ0) is 10.8. The molecule has 78 valence electrons. The number of hydrogen-bond acceptors (Lipinski definition) is 3. The van der Waals surface area contributed by atoms with Gasteiger partial charge in [-0.3, -0.25) is 4.57 Å². The SMILES string of the molecule is Cc1ncn(-c2ccccc2)c1C(O)O. The highest BCUT2D eigenvalue weighted by atomic mass is 16.5. The quantitative estimate of drug-likeness (QED) is 0.722. The van der Waals surface area contributed by atoms with Crippen LogP contribution in [0.15, 0.2) is 36.7 Å². The van der Waals surface area contributed by atoms with Crippen LogP contribution in [-0.4, -0.2) is 19.8 Å². The van der Waals surface area contributed by atoms with Gasteiger partial charge in [-0.1, -0.05) is 18.2 Å². The molecule has 2 rings (SSSR count). The summed E-state index contributed by atoms with van der Waals surface area (Å²) in [7, 11) is 0. The van der Waals surface area contributed by atoms with Gasteiger partial charge in [0, 0.05) is 5.69 Å². The Morgan fingerprint density at radius 2 is 1.87 bits per heavy atom. The van der Waals surface area contributed by atoms with Crippen molar-refractivity contribution in [2.45, 2.75) is 13.2 Å². The average molecular weight is 204 g/mol. The van der Waals surface area contributed by atoms with Crippen LogP contribution in [0.25, 0.3) is 5.69 Å². The van der Waals surface area contributed by atoms with Gasteiger partial charge in [0.05, 0.1) is 12.0 Å². The number of aromatic nitrogens is 2. The second kappa shape index (κ2) is 3.84. The maximum absolute atomic E-state index is 9.23. The van der Waals surface area contributed by atoms with Crippen LogP contribution in [-0.2, 0) is 0 Å². The molecule has 2 aromatic rings. The maximum Gasteiger partial charge on any atom is 0.196 e. The Hall–Kier alpha value is -1.65. The largest absolute Gasteiger partial charge is 0.363 e. The standard InChI is InChI=1S/C11H12N2O2/c1-8-10(11(14)15)13(7-12-8)9-5-3-2-4-6-9/h2-7,11,14-15H,1H3. The van der Waals surface area contributed by atoms with Crippen molar-refractivity contribution in [3.05, 3.63) is 48.0 Å². The second-order valence-electron chi connectivity index (χ2n) is 3.29. The Balaban J connectivity index is 2.54. The van der Waals surface area contributed by atoms with E-state index < -0.39 is 6.29 Å². The molecular formula is C11H12N2O2. The predicted molar refractivity (Wildman–Crippen MR) is 55.5 cm³/mol. The Morgan fingerprint density at radius 3 is 2.47 bits per heavy atom. The molecule has 0 aliphatic heterocycles. The number of aliphatic hydroxyl groups is 2. The highest BCUT2D eigenvalue weighted by molar-refractivity contribution is 5.35. The lowest BCUT2D eigenvalue weighted by Gasteiger charge is -2.10. The summed E-state index contributed by atoms with van der Waals surface area (Å²) in [6.07, 6.45) is 0.0760. The van der Waals surface area contributed by atoms with Crippen LogP contribution < -0.4 is 0 Å². The third kappa shape index (κ3) is 1.77. The van der Waals surface area contributed by atoms with E-state index in [1.165, 1.54) is 0 Å². The molecule has 1 heterocycles. The average Bonchev–Trinajstić information content (AvgIpc) is 2.61. The number of benzene rings is 1. The van der Waals surface area contributed by atoms with Gasteiger partial charge in [0.15, 0.2) is 6.29 Å². The van der Waals surface area contributed by atoms with E-state index in [1.807, 2.05) is 30.3 Å². The first kappa shape index (κ1) is 9.89. The molecule has 1 aromatic heterocycles. The fourth-order valence-electron chi connectivity index (χ4n) is 1.55. The summed E-state index contributed by atoms with van der Waals surface area (Å²) in [5.74, 6) is 0. The van der Waals surface area contributed by atoms with E-state index in [1.54, 1.807) is 17.8 Å². The molecule has 0 bridgehead atoms. The third-order valence-corrected chi connectivity index (χ3v) is 2.28. The van der Waals surface area contributed by atoms with Gasteiger partial charge < -0.3 is 10.2 Å². The molecule has 15 heavy (non-hydrogen) atoms. The van der Waals surface area contributed by atoms with Gasteiger partial charge in [-0.15, -0.1) is 0 Å². The zero-order valence-electron chi connectivity index (χ0n) is 8.33. The lowest BCUT2D eigenvalue weighted by atomic mass is 10.3. The molecule has 0 aliphatic rings. The van der Waals surface area contributed by atoms with Gasteiger partial charge in [0.1, 0.15) is 5.69 Å². The van der Waals surface area contributed by atoms with Crippen LogP contribution >= 0.6 is 0 Å². The predicted octanol–water partition coefficient (Wildman–Crippen LogP) is 1.16. The Labute approximate surface area is 87.4 Å². The number of hydrogen-bond donors (Lipinski definition) is 2. The molecule has 0 amide bonds. The third-order valence-electron chi connectivity index (χ3n) is 2.28. The molecule has 0 saturated heterocycles. The fourth-order valence-corrected chi connectivity index (χ4v) is 1.55. The molecule has 0 saturated carbocycles. The first-order valence-corrected chi connectivity index (χ1v) is 4.65. The lowest BCUT2D eigenvalue weighted by molar-refractivity contribution is -0.0474. The molecular weight excluding hydrogens is 192 g/mol. The van der Waals surface area contributed by atoms with Crippen molar-refractivity contribution in [3.8, 4) is 5.69 Å². The summed E-state index contributed by atoms with van der Waals surface area (Å²) in [5, 5.41) is 18.5. The zero-order valence-corrected chi connectivity index (χ0v) is 8.33. The van der Waals surface area contributed by atoms with Gasteiger partial charge in [0.25, 0.3) is 0 Å². The number of aryl methyl sites for hydroxylation is 1. The van der Waals surface area contributed by atoms with Crippen LogP contribution in [0.2, 0.25) is 0 Å². The minimum Gasteiger partial charge on any atom is -0.363 e. The van der Waals surface area contributed by atoms with Crippen molar-refractivity contribution >= 4 is 0 Å². The van der Waals surface area contributed by atoms with Gasteiger partial charge in [-0.2, -0.15) is 0 Å². The normalized spacial score (nSPS) is 10.9. The maximum atomic E-state index is 9.23. The smallest absolute Gasteiger partial charge is 0.196 e. The van der Waals surface area contributed by atoms with Gasteiger partial charge in [0.2, 0.25) is 0 Å². The number of rotatable bonds is 2. The summed E-state index contributed by atoms with van der Waals surface area (Å²) >= 11 is 0. The topological polar surface area (TPSA) is 58.3 Å². The van der Waals surface area contributed by atoms with Crippen LogP contribution in [0.4, 0.5) is 0 Å². The lowest BCUT2D eigenvalue weighted by Crippen LogP contribution is -2.05. The van der Waals surface area contributed by atoms with Gasteiger partial charge in [-0.25, -0.2) is 4.98 Å². The Kier molecular flexibility index (Phi) is 2.53. The molecule has 0 radical (unpaired) electrons. The van der Waals surface area contributed by atoms with Crippen LogP contribution in [0.3, 0.4) is 0 Å². The molecule has 0 fully saturated rings. The summed E-state index contributed by atoms with van der Waals surface area (Å²) < 4.78 is 1.67. The first-order valence-electron chi connectivity index (χ1n) is 4.65. The van der Waals surface area contributed by atoms with Crippen LogP contribution in [0.1, 0.15) is 17.7 Å². The molecule has 0 aliphatic carbocycles. The highest BCUT2D eigenvalue weighted by Crippen LogP contribution is 2.19. The van der Waals surface area contributed by atoms with E-state index in [2.05, 4.69) is 4.98 Å². The van der Waals surface area contributed by atoms with Crippen molar-refractivity contribution in [1.82, 2.24) is 9.55 Å². The Bertz CT molecular complexity index is 449. The van der Waals surface area contributed by atoms with Crippen molar-refractivity contribution in [1.29, 1.82) is 0 Å². The monoisotopic (exact) mass is 204 g/mol. The van der Waals surface area contributed by atoms with E-state index >= 15 is 0 Å². The van der Waals surface area contributed by atoms with Gasteiger partial charge >= 0.3 is 0 Å².